The number of thioether (sulfide) groups is 1. The van der Waals surface area contributed by atoms with E-state index in [2.05, 4.69) is 48.4 Å². The van der Waals surface area contributed by atoms with Crippen LogP contribution in [0.4, 0.5) is 0 Å². The van der Waals surface area contributed by atoms with Crippen molar-refractivity contribution in [3.63, 3.8) is 0 Å². The molecule has 16 heavy (non-hydrogen) atoms. The van der Waals surface area contributed by atoms with Gasteiger partial charge in [0.1, 0.15) is 0 Å². The van der Waals surface area contributed by atoms with E-state index in [0.29, 0.717) is 12.0 Å². The SMILES string of the molecule is CC(C)C(NCC1CCCS1)c1cccs1. The molecule has 1 aliphatic heterocycles. The van der Waals surface area contributed by atoms with Gasteiger partial charge in [0.2, 0.25) is 0 Å². The molecule has 1 aliphatic rings. The molecular weight excluding hydrogens is 234 g/mol. The molecule has 0 saturated carbocycles. The van der Waals surface area contributed by atoms with Crippen molar-refractivity contribution in [2.75, 3.05) is 12.3 Å². The van der Waals surface area contributed by atoms with Gasteiger partial charge in [0.15, 0.2) is 0 Å². The third-order valence-corrected chi connectivity index (χ3v) is 5.46. The van der Waals surface area contributed by atoms with E-state index in [9.17, 15) is 0 Å². The largest absolute Gasteiger partial charge is 0.308 e. The Labute approximate surface area is 107 Å². The van der Waals surface area contributed by atoms with Gasteiger partial charge < -0.3 is 5.32 Å². The minimum atomic E-state index is 0.543. The molecule has 2 atom stereocenters. The van der Waals surface area contributed by atoms with Crippen LogP contribution >= 0.6 is 23.1 Å². The third-order valence-electron chi connectivity index (χ3n) is 3.11. The molecule has 1 N–H and O–H groups in total. The van der Waals surface area contributed by atoms with Crippen molar-refractivity contribution in [2.24, 2.45) is 5.92 Å². The lowest BCUT2D eigenvalue weighted by molar-refractivity contribution is 0.416. The molecule has 1 aromatic heterocycles. The molecule has 1 saturated heterocycles. The van der Waals surface area contributed by atoms with Crippen LogP contribution in [0.3, 0.4) is 0 Å². The van der Waals surface area contributed by atoms with Crippen molar-refractivity contribution in [3.05, 3.63) is 22.4 Å². The van der Waals surface area contributed by atoms with Crippen molar-refractivity contribution in [2.45, 2.75) is 38.0 Å². The molecule has 0 aromatic carbocycles. The van der Waals surface area contributed by atoms with Crippen molar-refractivity contribution < 1.29 is 0 Å². The first kappa shape index (κ1) is 12.5. The molecule has 1 fully saturated rings. The monoisotopic (exact) mass is 255 g/mol. The van der Waals surface area contributed by atoms with Gasteiger partial charge in [-0.3, -0.25) is 0 Å². The minimum Gasteiger partial charge on any atom is -0.308 e. The van der Waals surface area contributed by atoms with Crippen LogP contribution < -0.4 is 5.32 Å². The second kappa shape index (κ2) is 6.08. The predicted octanol–water partition coefficient (Wildman–Crippen LogP) is 3.93. The number of rotatable bonds is 5. The van der Waals surface area contributed by atoms with E-state index in [0.717, 1.165) is 5.25 Å². The first-order valence-electron chi connectivity index (χ1n) is 6.15. The Morgan fingerprint density at radius 2 is 2.38 bits per heavy atom. The molecule has 0 bridgehead atoms. The standard InChI is InChI=1S/C13H21NS2/c1-10(2)13(12-6-4-8-16-12)14-9-11-5-3-7-15-11/h4,6,8,10-11,13-14H,3,5,7,9H2,1-2H3. The second-order valence-electron chi connectivity index (χ2n) is 4.78. The van der Waals surface area contributed by atoms with Crippen LogP contribution in [-0.4, -0.2) is 17.5 Å². The van der Waals surface area contributed by atoms with Crippen molar-refractivity contribution in [1.82, 2.24) is 5.32 Å². The van der Waals surface area contributed by atoms with E-state index in [-0.39, 0.29) is 0 Å². The maximum atomic E-state index is 3.75. The van der Waals surface area contributed by atoms with Gasteiger partial charge in [0.05, 0.1) is 0 Å². The van der Waals surface area contributed by atoms with Gasteiger partial charge in [-0.2, -0.15) is 11.8 Å². The van der Waals surface area contributed by atoms with Gasteiger partial charge in [0, 0.05) is 22.7 Å². The fourth-order valence-corrected chi connectivity index (χ4v) is 4.38. The molecule has 0 amide bonds. The van der Waals surface area contributed by atoms with E-state index in [1.54, 1.807) is 0 Å². The van der Waals surface area contributed by atoms with Crippen LogP contribution in [0.1, 0.15) is 37.6 Å². The Morgan fingerprint density at radius 1 is 1.50 bits per heavy atom. The lowest BCUT2D eigenvalue weighted by atomic mass is 10.0. The summed E-state index contributed by atoms with van der Waals surface area (Å²) in [5.74, 6) is 2.03. The minimum absolute atomic E-state index is 0.543. The lowest BCUT2D eigenvalue weighted by Gasteiger charge is -2.23. The summed E-state index contributed by atoms with van der Waals surface area (Å²) < 4.78 is 0. The van der Waals surface area contributed by atoms with Crippen LogP contribution in [0.15, 0.2) is 17.5 Å². The van der Waals surface area contributed by atoms with Gasteiger partial charge >= 0.3 is 0 Å². The highest BCUT2D eigenvalue weighted by Crippen LogP contribution is 2.29. The summed E-state index contributed by atoms with van der Waals surface area (Å²) in [6.07, 6.45) is 2.80. The molecule has 0 radical (unpaired) electrons. The summed E-state index contributed by atoms with van der Waals surface area (Å²) in [5.41, 5.74) is 0. The zero-order valence-electron chi connectivity index (χ0n) is 10.1. The Kier molecular flexibility index (Phi) is 4.74. The average Bonchev–Trinajstić information content (AvgIpc) is 2.88. The summed E-state index contributed by atoms with van der Waals surface area (Å²) in [4.78, 5) is 1.48. The summed E-state index contributed by atoms with van der Waals surface area (Å²) in [6.45, 7) is 5.78. The predicted molar refractivity (Wildman–Crippen MR) is 75.4 cm³/mol. The molecule has 0 aliphatic carbocycles. The molecule has 2 rings (SSSR count). The van der Waals surface area contributed by atoms with Crippen LogP contribution in [0.2, 0.25) is 0 Å². The fraction of sp³-hybridized carbons (Fsp3) is 0.692. The van der Waals surface area contributed by atoms with E-state index in [4.69, 9.17) is 0 Å². The summed E-state index contributed by atoms with van der Waals surface area (Å²) in [7, 11) is 0. The highest BCUT2D eigenvalue weighted by molar-refractivity contribution is 8.00. The van der Waals surface area contributed by atoms with Gasteiger partial charge in [-0.15, -0.1) is 11.3 Å². The first-order chi connectivity index (χ1) is 7.77. The first-order valence-corrected chi connectivity index (χ1v) is 8.08. The van der Waals surface area contributed by atoms with Gasteiger partial charge in [-0.05, 0) is 36.0 Å². The van der Waals surface area contributed by atoms with E-state index in [1.165, 1.54) is 30.0 Å². The second-order valence-corrected chi connectivity index (χ2v) is 7.17. The Hall–Kier alpha value is 0.01000. The van der Waals surface area contributed by atoms with E-state index >= 15 is 0 Å². The maximum absolute atomic E-state index is 3.75. The molecule has 1 aromatic rings. The lowest BCUT2D eigenvalue weighted by Crippen LogP contribution is -2.30. The number of thiophene rings is 1. The zero-order valence-corrected chi connectivity index (χ0v) is 11.7. The molecule has 2 unspecified atom stereocenters. The van der Waals surface area contributed by atoms with Crippen molar-refractivity contribution >= 4 is 23.1 Å². The number of hydrogen-bond acceptors (Lipinski definition) is 3. The number of nitrogens with one attached hydrogen (secondary N) is 1. The van der Waals surface area contributed by atoms with Gasteiger partial charge in [-0.1, -0.05) is 19.9 Å². The highest BCUT2D eigenvalue weighted by Gasteiger charge is 2.20. The third kappa shape index (κ3) is 3.25. The Balaban J connectivity index is 1.88. The van der Waals surface area contributed by atoms with Crippen LogP contribution in [0.25, 0.3) is 0 Å². The van der Waals surface area contributed by atoms with Gasteiger partial charge in [0.25, 0.3) is 0 Å². The van der Waals surface area contributed by atoms with Crippen LogP contribution in [-0.2, 0) is 0 Å². The summed E-state index contributed by atoms with van der Waals surface area (Å²) in [6, 6.07) is 4.95. The van der Waals surface area contributed by atoms with Crippen LogP contribution in [0, 0.1) is 5.92 Å². The number of hydrogen-bond donors (Lipinski definition) is 1. The Bertz CT molecular complexity index is 289. The van der Waals surface area contributed by atoms with Crippen LogP contribution in [0.5, 0.6) is 0 Å². The van der Waals surface area contributed by atoms with Gasteiger partial charge in [-0.25, -0.2) is 0 Å². The molecular formula is C13H21NS2. The van der Waals surface area contributed by atoms with Crippen molar-refractivity contribution in [3.8, 4) is 0 Å². The molecule has 1 nitrogen and oxygen atoms in total. The molecule has 90 valence electrons. The molecule has 0 spiro atoms. The highest BCUT2D eigenvalue weighted by atomic mass is 32.2. The molecule has 3 heteroatoms. The Morgan fingerprint density at radius 3 is 2.94 bits per heavy atom. The topological polar surface area (TPSA) is 12.0 Å². The average molecular weight is 255 g/mol. The fourth-order valence-electron chi connectivity index (χ4n) is 2.20. The summed E-state index contributed by atoms with van der Waals surface area (Å²) >= 11 is 4.01. The normalized spacial score (nSPS) is 22.8. The quantitative estimate of drug-likeness (QED) is 0.855. The van der Waals surface area contributed by atoms with E-state index in [1.807, 2.05) is 11.3 Å². The van der Waals surface area contributed by atoms with Crippen molar-refractivity contribution in [1.29, 1.82) is 0 Å². The maximum Gasteiger partial charge on any atom is 0.0438 e. The van der Waals surface area contributed by atoms with E-state index < -0.39 is 0 Å². The summed E-state index contributed by atoms with van der Waals surface area (Å²) in [5, 5.41) is 6.78. The zero-order chi connectivity index (χ0) is 11.4. The molecule has 2 heterocycles. The smallest absolute Gasteiger partial charge is 0.0438 e.